The third kappa shape index (κ3) is 4.67. The van der Waals surface area contributed by atoms with Gasteiger partial charge in [0.2, 0.25) is 0 Å². The van der Waals surface area contributed by atoms with Crippen LogP contribution >= 0.6 is 0 Å². The lowest BCUT2D eigenvalue weighted by atomic mass is 9.99. The third-order valence-corrected chi connectivity index (χ3v) is 3.32. The van der Waals surface area contributed by atoms with Gasteiger partial charge in [0.1, 0.15) is 11.5 Å². The van der Waals surface area contributed by atoms with Gasteiger partial charge in [-0.05, 0) is 43.7 Å². The maximum absolute atomic E-state index is 12.3. The first kappa shape index (κ1) is 14.1. The SMILES string of the molecule is Oc1ccc(OC[C@H]2CCCN(CC(F)F)C2)cc1. The summed E-state index contributed by atoms with van der Waals surface area (Å²) in [5.74, 6) is 1.19. The van der Waals surface area contributed by atoms with Gasteiger partial charge < -0.3 is 9.84 Å². The summed E-state index contributed by atoms with van der Waals surface area (Å²) in [4.78, 5) is 1.80. The Hall–Kier alpha value is -1.36. The summed E-state index contributed by atoms with van der Waals surface area (Å²) >= 11 is 0. The molecule has 0 radical (unpaired) electrons. The summed E-state index contributed by atoms with van der Waals surface area (Å²) in [6.45, 7) is 1.81. The van der Waals surface area contributed by atoms with E-state index in [0.29, 0.717) is 24.8 Å². The Balaban J connectivity index is 1.77. The molecule has 1 fully saturated rings. The topological polar surface area (TPSA) is 32.7 Å². The first-order valence-electron chi connectivity index (χ1n) is 6.56. The molecular weight excluding hydrogens is 252 g/mol. The maximum atomic E-state index is 12.3. The highest BCUT2D eigenvalue weighted by Gasteiger charge is 2.22. The summed E-state index contributed by atoms with van der Waals surface area (Å²) in [5.41, 5.74) is 0. The number of nitrogens with zero attached hydrogens (tertiary/aromatic N) is 1. The molecule has 1 saturated heterocycles. The molecule has 1 aliphatic rings. The first-order valence-corrected chi connectivity index (χ1v) is 6.56. The molecule has 1 N–H and O–H groups in total. The normalized spacial score (nSPS) is 20.7. The van der Waals surface area contributed by atoms with Gasteiger partial charge in [0.05, 0.1) is 13.2 Å². The summed E-state index contributed by atoms with van der Waals surface area (Å²) in [6.07, 6.45) is -0.314. The number of hydrogen-bond donors (Lipinski definition) is 1. The van der Waals surface area contributed by atoms with Crippen LogP contribution in [0.5, 0.6) is 11.5 Å². The van der Waals surface area contributed by atoms with Crippen molar-refractivity contribution in [2.75, 3.05) is 26.2 Å². The van der Waals surface area contributed by atoms with Crippen LogP contribution in [-0.4, -0.2) is 42.7 Å². The second-order valence-corrected chi connectivity index (χ2v) is 4.96. The van der Waals surface area contributed by atoms with E-state index in [1.54, 1.807) is 29.2 Å². The van der Waals surface area contributed by atoms with Crippen LogP contribution < -0.4 is 4.74 Å². The van der Waals surface area contributed by atoms with Crippen LogP contribution in [0.25, 0.3) is 0 Å². The lowest BCUT2D eigenvalue weighted by Crippen LogP contribution is -2.40. The van der Waals surface area contributed by atoms with Crippen LogP contribution in [0.4, 0.5) is 8.78 Å². The van der Waals surface area contributed by atoms with Gasteiger partial charge in [-0.15, -0.1) is 0 Å². The fourth-order valence-corrected chi connectivity index (χ4v) is 2.40. The van der Waals surface area contributed by atoms with E-state index in [0.717, 1.165) is 19.4 Å². The minimum Gasteiger partial charge on any atom is -0.508 e. The number of piperidine rings is 1. The fourth-order valence-electron chi connectivity index (χ4n) is 2.40. The van der Waals surface area contributed by atoms with E-state index in [1.165, 1.54) is 0 Å². The number of halogens is 2. The second kappa shape index (κ2) is 6.70. The molecule has 0 amide bonds. The van der Waals surface area contributed by atoms with Crippen molar-refractivity contribution in [2.24, 2.45) is 5.92 Å². The Labute approximate surface area is 111 Å². The molecular formula is C14H19F2NO2. The van der Waals surface area contributed by atoms with E-state index in [1.807, 2.05) is 0 Å². The molecule has 1 heterocycles. The molecule has 0 aromatic heterocycles. The van der Waals surface area contributed by atoms with E-state index < -0.39 is 6.43 Å². The summed E-state index contributed by atoms with van der Waals surface area (Å²) in [6, 6.07) is 6.54. The Morgan fingerprint density at radius 2 is 2.05 bits per heavy atom. The Morgan fingerprint density at radius 1 is 1.32 bits per heavy atom. The largest absolute Gasteiger partial charge is 0.508 e. The Kier molecular flexibility index (Phi) is 4.96. The van der Waals surface area contributed by atoms with Crippen LogP contribution in [0.3, 0.4) is 0 Å². The predicted octanol–water partition coefficient (Wildman–Crippen LogP) is 2.75. The number of phenols is 1. The van der Waals surface area contributed by atoms with Crippen LogP contribution in [0, 0.1) is 5.92 Å². The number of rotatable bonds is 5. The molecule has 1 aliphatic heterocycles. The van der Waals surface area contributed by atoms with Crippen molar-refractivity contribution < 1.29 is 18.6 Å². The summed E-state index contributed by atoms with van der Waals surface area (Å²) in [5, 5.41) is 9.16. The van der Waals surface area contributed by atoms with E-state index in [4.69, 9.17) is 9.84 Å². The lowest BCUT2D eigenvalue weighted by Gasteiger charge is -2.32. The van der Waals surface area contributed by atoms with Crippen molar-refractivity contribution in [1.29, 1.82) is 0 Å². The number of hydrogen-bond acceptors (Lipinski definition) is 3. The van der Waals surface area contributed by atoms with E-state index >= 15 is 0 Å². The smallest absolute Gasteiger partial charge is 0.251 e. The highest BCUT2D eigenvalue weighted by atomic mass is 19.3. The molecule has 0 bridgehead atoms. The van der Waals surface area contributed by atoms with Crippen molar-refractivity contribution in [3.8, 4) is 11.5 Å². The van der Waals surface area contributed by atoms with E-state index in [9.17, 15) is 8.78 Å². The molecule has 0 aliphatic carbocycles. The average molecular weight is 271 g/mol. The zero-order valence-corrected chi connectivity index (χ0v) is 10.8. The second-order valence-electron chi connectivity index (χ2n) is 4.96. The molecule has 106 valence electrons. The highest BCUT2D eigenvalue weighted by molar-refractivity contribution is 5.30. The third-order valence-electron chi connectivity index (χ3n) is 3.32. The van der Waals surface area contributed by atoms with Crippen LogP contribution in [-0.2, 0) is 0 Å². The summed E-state index contributed by atoms with van der Waals surface area (Å²) in [7, 11) is 0. The standard InChI is InChI=1S/C14H19F2NO2/c15-14(16)9-17-7-1-2-11(8-17)10-19-13-5-3-12(18)4-6-13/h3-6,11,14,18H,1-2,7-10H2/t11-/m0/s1. The molecule has 1 aromatic rings. The number of phenolic OH excluding ortho intramolecular Hbond substituents is 1. The van der Waals surface area contributed by atoms with Crippen LogP contribution in [0.2, 0.25) is 0 Å². The van der Waals surface area contributed by atoms with Gasteiger partial charge in [0.15, 0.2) is 0 Å². The number of likely N-dealkylation sites (tertiary alicyclic amines) is 1. The van der Waals surface area contributed by atoms with Crippen molar-refractivity contribution >= 4 is 0 Å². The fraction of sp³-hybridized carbons (Fsp3) is 0.571. The van der Waals surface area contributed by atoms with Gasteiger partial charge >= 0.3 is 0 Å². The van der Waals surface area contributed by atoms with Gasteiger partial charge in [0, 0.05) is 12.5 Å². The van der Waals surface area contributed by atoms with Crippen molar-refractivity contribution in [3.63, 3.8) is 0 Å². The molecule has 0 unspecified atom stereocenters. The van der Waals surface area contributed by atoms with Crippen molar-refractivity contribution in [3.05, 3.63) is 24.3 Å². The maximum Gasteiger partial charge on any atom is 0.251 e. The van der Waals surface area contributed by atoms with Gasteiger partial charge in [-0.25, -0.2) is 8.78 Å². The van der Waals surface area contributed by atoms with Gasteiger partial charge in [-0.3, -0.25) is 4.90 Å². The highest BCUT2D eigenvalue weighted by Crippen LogP contribution is 2.20. The average Bonchev–Trinajstić information content (AvgIpc) is 2.38. The Morgan fingerprint density at radius 3 is 2.74 bits per heavy atom. The molecule has 0 saturated carbocycles. The molecule has 1 atom stereocenters. The number of ether oxygens (including phenoxy) is 1. The molecule has 3 nitrogen and oxygen atoms in total. The van der Waals surface area contributed by atoms with Crippen molar-refractivity contribution in [1.82, 2.24) is 4.90 Å². The van der Waals surface area contributed by atoms with Crippen LogP contribution in [0.15, 0.2) is 24.3 Å². The monoisotopic (exact) mass is 271 g/mol. The van der Waals surface area contributed by atoms with Gasteiger partial charge in [-0.1, -0.05) is 0 Å². The first-order chi connectivity index (χ1) is 9.13. The molecule has 0 spiro atoms. The lowest BCUT2D eigenvalue weighted by molar-refractivity contribution is 0.0552. The zero-order valence-electron chi connectivity index (χ0n) is 10.8. The van der Waals surface area contributed by atoms with Crippen LogP contribution in [0.1, 0.15) is 12.8 Å². The van der Waals surface area contributed by atoms with Crippen molar-refractivity contribution in [2.45, 2.75) is 19.3 Å². The molecule has 1 aromatic carbocycles. The minimum atomic E-state index is -2.27. The zero-order chi connectivity index (χ0) is 13.7. The predicted molar refractivity (Wildman–Crippen MR) is 68.8 cm³/mol. The van der Waals surface area contributed by atoms with Gasteiger partial charge in [-0.2, -0.15) is 0 Å². The number of benzene rings is 1. The number of alkyl halides is 2. The summed E-state index contributed by atoms with van der Waals surface area (Å²) < 4.78 is 30.3. The van der Waals surface area contributed by atoms with E-state index in [-0.39, 0.29) is 12.3 Å². The quantitative estimate of drug-likeness (QED) is 0.893. The molecule has 5 heteroatoms. The minimum absolute atomic E-state index is 0.143. The molecule has 2 rings (SSSR count). The number of aromatic hydroxyl groups is 1. The Bertz CT molecular complexity index is 384. The molecule has 19 heavy (non-hydrogen) atoms. The van der Waals surface area contributed by atoms with Gasteiger partial charge in [0.25, 0.3) is 6.43 Å². The van der Waals surface area contributed by atoms with E-state index in [2.05, 4.69) is 0 Å².